The summed E-state index contributed by atoms with van der Waals surface area (Å²) in [5, 5.41) is 13.0. The summed E-state index contributed by atoms with van der Waals surface area (Å²) in [6.45, 7) is 3.53. The minimum atomic E-state index is -0.708. The van der Waals surface area contributed by atoms with E-state index in [0.717, 1.165) is 25.8 Å². The van der Waals surface area contributed by atoms with Gasteiger partial charge in [0.05, 0.1) is 0 Å². The van der Waals surface area contributed by atoms with E-state index in [1.807, 2.05) is 0 Å². The lowest BCUT2D eigenvalue weighted by Gasteiger charge is -2.41. The molecule has 0 spiro atoms. The molecular weight excluding hydrogens is 228 g/mol. The van der Waals surface area contributed by atoms with Gasteiger partial charge in [0.25, 0.3) is 0 Å². The van der Waals surface area contributed by atoms with Crippen LogP contribution in [-0.4, -0.2) is 47.7 Å². The summed E-state index contributed by atoms with van der Waals surface area (Å²) < 4.78 is 0. The molecule has 2 rings (SSSR count). The second-order valence-corrected chi connectivity index (χ2v) is 5.98. The van der Waals surface area contributed by atoms with Crippen molar-refractivity contribution in [3.8, 4) is 0 Å². The van der Waals surface area contributed by atoms with Crippen molar-refractivity contribution in [1.82, 2.24) is 10.2 Å². The fraction of sp³-hybridized carbons (Fsp3) is 0.929. The number of carboxylic acid groups (broad SMARTS) is 1. The highest BCUT2D eigenvalue weighted by Crippen LogP contribution is 2.41. The molecule has 104 valence electrons. The predicted molar refractivity (Wildman–Crippen MR) is 71.7 cm³/mol. The van der Waals surface area contributed by atoms with E-state index in [9.17, 15) is 9.90 Å². The average molecular weight is 254 g/mol. The van der Waals surface area contributed by atoms with Crippen LogP contribution >= 0.6 is 0 Å². The zero-order chi connectivity index (χ0) is 13.2. The van der Waals surface area contributed by atoms with Gasteiger partial charge in [-0.3, -0.25) is 4.79 Å². The molecule has 0 heterocycles. The minimum Gasteiger partial charge on any atom is -0.480 e. The lowest BCUT2D eigenvalue weighted by Crippen LogP contribution is -2.62. The van der Waals surface area contributed by atoms with Crippen molar-refractivity contribution in [2.75, 3.05) is 20.1 Å². The third-order valence-corrected chi connectivity index (χ3v) is 4.54. The maximum Gasteiger partial charge on any atom is 0.325 e. The van der Waals surface area contributed by atoms with E-state index in [1.165, 1.54) is 19.3 Å². The molecule has 0 aromatic carbocycles. The lowest BCUT2D eigenvalue weighted by atomic mass is 9.87. The van der Waals surface area contributed by atoms with E-state index >= 15 is 0 Å². The SMILES string of the molecule is CCCNC(CN(C)C1CCC1)(C(=O)O)C1CC1. The summed E-state index contributed by atoms with van der Waals surface area (Å²) in [6.07, 6.45) is 6.84. The maximum absolute atomic E-state index is 11.8. The summed E-state index contributed by atoms with van der Waals surface area (Å²) in [6, 6.07) is 0.603. The van der Waals surface area contributed by atoms with Crippen LogP contribution in [0.25, 0.3) is 0 Å². The average Bonchev–Trinajstić information content (AvgIpc) is 3.05. The number of rotatable bonds is 8. The molecule has 2 saturated carbocycles. The Morgan fingerprint density at radius 2 is 2.06 bits per heavy atom. The molecule has 2 N–H and O–H groups in total. The first-order chi connectivity index (χ1) is 8.60. The molecule has 1 atom stereocenters. The van der Waals surface area contributed by atoms with E-state index in [0.29, 0.717) is 18.5 Å². The van der Waals surface area contributed by atoms with Crippen molar-refractivity contribution < 1.29 is 9.90 Å². The van der Waals surface area contributed by atoms with Gasteiger partial charge in [0, 0.05) is 12.6 Å². The Morgan fingerprint density at radius 1 is 1.39 bits per heavy atom. The van der Waals surface area contributed by atoms with Crippen LogP contribution in [0.15, 0.2) is 0 Å². The van der Waals surface area contributed by atoms with Crippen molar-refractivity contribution in [2.24, 2.45) is 5.92 Å². The number of likely N-dealkylation sites (N-methyl/N-ethyl adjacent to an activating group) is 1. The number of aliphatic carboxylic acids is 1. The Morgan fingerprint density at radius 3 is 2.44 bits per heavy atom. The molecule has 0 aromatic rings. The molecule has 2 fully saturated rings. The molecule has 0 radical (unpaired) electrons. The van der Waals surface area contributed by atoms with Gasteiger partial charge in [-0.2, -0.15) is 0 Å². The van der Waals surface area contributed by atoms with Crippen LogP contribution < -0.4 is 5.32 Å². The molecular formula is C14H26N2O2. The third kappa shape index (κ3) is 2.69. The Kier molecular flexibility index (Phi) is 4.28. The van der Waals surface area contributed by atoms with Gasteiger partial charge in [0.15, 0.2) is 0 Å². The first-order valence-electron chi connectivity index (χ1n) is 7.29. The lowest BCUT2D eigenvalue weighted by molar-refractivity contribution is -0.147. The minimum absolute atomic E-state index is 0.323. The van der Waals surface area contributed by atoms with Gasteiger partial charge in [-0.05, 0) is 51.6 Å². The highest BCUT2D eigenvalue weighted by molar-refractivity contribution is 5.80. The molecule has 0 aliphatic heterocycles. The molecule has 2 aliphatic carbocycles. The van der Waals surface area contributed by atoms with Gasteiger partial charge in [0.1, 0.15) is 5.54 Å². The van der Waals surface area contributed by atoms with Crippen LogP contribution in [0.2, 0.25) is 0 Å². The molecule has 18 heavy (non-hydrogen) atoms. The van der Waals surface area contributed by atoms with Crippen molar-refractivity contribution in [3.05, 3.63) is 0 Å². The topological polar surface area (TPSA) is 52.6 Å². The molecule has 2 aliphatic rings. The van der Waals surface area contributed by atoms with Gasteiger partial charge in [-0.25, -0.2) is 0 Å². The zero-order valence-corrected chi connectivity index (χ0v) is 11.6. The van der Waals surface area contributed by atoms with Gasteiger partial charge >= 0.3 is 5.97 Å². The largest absolute Gasteiger partial charge is 0.480 e. The Labute approximate surface area is 110 Å². The normalized spacial score (nSPS) is 23.7. The summed E-state index contributed by atoms with van der Waals surface area (Å²) in [5.41, 5.74) is -0.708. The van der Waals surface area contributed by atoms with Crippen molar-refractivity contribution in [2.45, 2.75) is 57.0 Å². The first-order valence-corrected chi connectivity index (χ1v) is 7.29. The maximum atomic E-state index is 11.8. The third-order valence-electron chi connectivity index (χ3n) is 4.54. The van der Waals surface area contributed by atoms with E-state index in [-0.39, 0.29) is 0 Å². The smallest absolute Gasteiger partial charge is 0.325 e. The molecule has 1 unspecified atom stereocenters. The fourth-order valence-corrected chi connectivity index (χ4v) is 2.92. The predicted octanol–water partition coefficient (Wildman–Crippen LogP) is 1.70. The van der Waals surface area contributed by atoms with Crippen LogP contribution in [0.4, 0.5) is 0 Å². The highest BCUT2D eigenvalue weighted by Gasteiger charge is 2.51. The number of carboxylic acids is 1. The van der Waals surface area contributed by atoms with Gasteiger partial charge in [0.2, 0.25) is 0 Å². The first kappa shape index (κ1) is 13.8. The number of carbonyl (C=O) groups is 1. The second-order valence-electron chi connectivity index (χ2n) is 5.98. The van der Waals surface area contributed by atoms with Crippen molar-refractivity contribution >= 4 is 5.97 Å². The molecule has 4 heteroatoms. The van der Waals surface area contributed by atoms with E-state index in [2.05, 4.69) is 24.2 Å². The van der Waals surface area contributed by atoms with Crippen LogP contribution in [0, 0.1) is 5.92 Å². The van der Waals surface area contributed by atoms with Crippen LogP contribution in [-0.2, 0) is 4.79 Å². The molecule has 4 nitrogen and oxygen atoms in total. The monoisotopic (exact) mass is 254 g/mol. The highest BCUT2D eigenvalue weighted by atomic mass is 16.4. The van der Waals surface area contributed by atoms with Gasteiger partial charge in [-0.15, -0.1) is 0 Å². The summed E-state index contributed by atoms with van der Waals surface area (Å²) in [4.78, 5) is 14.0. The summed E-state index contributed by atoms with van der Waals surface area (Å²) in [5.74, 6) is -0.339. The van der Waals surface area contributed by atoms with Crippen molar-refractivity contribution in [3.63, 3.8) is 0 Å². The Bertz CT molecular complexity index is 300. The number of hydrogen-bond donors (Lipinski definition) is 2. The summed E-state index contributed by atoms with van der Waals surface area (Å²) >= 11 is 0. The van der Waals surface area contributed by atoms with E-state index in [4.69, 9.17) is 0 Å². The van der Waals surface area contributed by atoms with Crippen LogP contribution in [0.5, 0.6) is 0 Å². The number of nitrogens with zero attached hydrogens (tertiary/aromatic N) is 1. The fourth-order valence-electron chi connectivity index (χ4n) is 2.92. The Balaban J connectivity index is 2.03. The van der Waals surface area contributed by atoms with Crippen LogP contribution in [0.1, 0.15) is 45.4 Å². The number of hydrogen-bond acceptors (Lipinski definition) is 3. The van der Waals surface area contributed by atoms with Gasteiger partial charge < -0.3 is 15.3 Å². The molecule has 0 bridgehead atoms. The number of nitrogens with one attached hydrogen (secondary N) is 1. The quantitative estimate of drug-likeness (QED) is 0.692. The van der Waals surface area contributed by atoms with E-state index < -0.39 is 11.5 Å². The zero-order valence-electron chi connectivity index (χ0n) is 11.6. The molecule has 0 amide bonds. The Hall–Kier alpha value is -0.610. The van der Waals surface area contributed by atoms with Crippen molar-refractivity contribution in [1.29, 1.82) is 0 Å². The van der Waals surface area contributed by atoms with E-state index in [1.54, 1.807) is 0 Å². The second kappa shape index (κ2) is 5.57. The molecule has 0 aromatic heterocycles. The van der Waals surface area contributed by atoms with Crippen LogP contribution in [0.3, 0.4) is 0 Å². The van der Waals surface area contributed by atoms with Gasteiger partial charge in [-0.1, -0.05) is 13.3 Å². The standard InChI is InChI=1S/C14H26N2O2/c1-3-9-15-14(13(17)18,11-7-8-11)10-16(2)12-5-4-6-12/h11-12,15H,3-10H2,1-2H3,(H,17,18). The molecule has 0 saturated heterocycles. The summed E-state index contributed by atoms with van der Waals surface area (Å²) in [7, 11) is 2.08.